The van der Waals surface area contributed by atoms with Crippen molar-refractivity contribution in [3.63, 3.8) is 0 Å². The molecule has 7 heteroatoms. The summed E-state index contributed by atoms with van der Waals surface area (Å²) in [5.74, 6) is -0.283. The third kappa shape index (κ3) is 2.90. The molecule has 3 rings (SSSR count). The Bertz CT molecular complexity index is 852. The van der Waals surface area contributed by atoms with E-state index in [-0.39, 0.29) is 12.5 Å². The first-order valence-corrected chi connectivity index (χ1v) is 8.81. The third-order valence-corrected chi connectivity index (χ3v) is 4.95. The highest BCUT2D eigenvalue weighted by molar-refractivity contribution is 7.88. The minimum atomic E-state index is -3.28. The Balaban J connectivity index is 1.79. The molecule has 0 bridgehead atoms. The number of hydrogen-bond donors (Lipinski definition) is 1. The van der Waals surface area contributed by atoms with E-state index in [9.17, 15) is 13.2 Å². The van der Waals surface area contributed by atoms with Gasteiger partial charge >= 0.3 is 0 Å². The van der Waals surface area contributed by atoms with Crippen molar-refractivity contribution in [3.05, 3.63) is 48.2 Å². The zero-order valence-corrected chi connectivity index (χ0v) is 13.0. The van der Waals surface area contributed by atoms with Gasteiger partial charge in [0.2, 0.25) is 10.0 Å². The highest BCUT2D eigenvalue weighted by Crippen LogP contribution is 2.16. The van der Waals surface area contributed by atoms with Crippen LogP contribution in [0.25, 0.3) is 10.9 Å². The van der Waals surface area contributed by atoms with Crippen molar-refractivity contribution >= 4 is 26.8 Å². The van der Waals surface area contributed by atoms with Crippen LogP contribution in [0.2, 0.25) is 0 Å². The van der Waals surface area contributed by atoms with E-state index in [0.717, 1.165) is 17.2 Å². The van der Waals surface area contributed by atoms with Crippen LogP contribution in [0.5, 0.6) is 0 Å². The van der Waals surface area contributed by atoms with Crippen LogP contribution in [-0.2, 0) is 14.8 Å². The molecule has 22 heavy (non-hydrogen) atoms. The third-order valence-electron chi connectivity index (χ3n) is 3.70. The maximum Gasteiger partial charge on any atom is 0.267 e. The second-order valence-electron chi connectivity index (χ2n) is 5.30. The summed E-state index contributed by atoms with van der Waals surface area (Å²) in [5.41, 5.74) is 4.16. The topological polar surface area (TPSA) is 71.4 Å². The number of sulfonamides is 1. The van der Waals surface area contributed by atoms with Crippen LogP contribution >= 0.6 is 0 Å². The van der Waals surface area contributed by atoms with Gasteiger partial charge in [0.15, 0.2) is 0 Å². The first-order valence-electron chi connectivity index (χ1n) is 6.97. The fourth-order valence-electron chi connectivity index (χ4n) is 2.53. The maximum absolute atomic E-state index is 12.4. The first-order chi connectivity index (χ1) is 10.4. The number of nitrogens with one attached hydrogen (secondary N) is 1. The maximum atomic E-state index is 12.4. The lowest BCUT2D eigenvalue weighted by atomic mass is 10.1. The highest BCUT2D eigenvalue weighted by Gasteiger charge is 2.24. The van der Waals surface area contributed by atoms with Crippen molar-refractivity contribution < 1.29 is 13.2 Å². The Morgan fingerprint density at radius 3 is 2.77 bits per heavy atom. The predicted octanol–water partition coefficient (Wildman–Crippen LogP) is 1.30. The van der Waals surface area contributed by atoms with Gasteiger partial charge in [-0.15, -0.1) is 0 Å². The minimum absolute atomic E-state index is 0.115. The van der Waals surface area contributed by atoms with Crippen molar-refractivity contribution in [1.82, 2.24) is 8.98 Å². The van der Waals surface area contributed by atoms with Crippen LogP contribution in [0.4, 0.5) is 0 Å². The predicted molar refractivity (Wildman–Crippen MR) is 85.4 cm³/mol. The fourth-order valence-corrected chi connectivity index (χ4v) is 3.34. The Morgan fingerprint density at radius 2 is 2.00 bits per heavy atom. The largest absolute Gasteiger partial charge is 0.268 e. The number of aromatic nitrogens is 1. The smallest absolute Gasteiger partial charge is 0.267 e. The molecule has 0 unspecified atom stereocenters. The van der Waals surface area contributed by atoms with Crippen molar-refractivity contribution in [2.75, 3.05) is 24.8 Å². The zero-order valence-electron chi connectivity index (χ0n) is 12.2. The lowest BCUT2D eigenvalue weighted by molar-refractivity contribution is -0.113. The molecule has 1 amide bonds. The Hall–Kier alpha value is -2.12. The summed E-state index contributed by atoms with van der Waals surface area (Å²) < 4.78 is 26.2. The summed E-state index contributed by atoms with van der Waals surface area (Å²) in [5, 5.41) is 1.03. The molecule has 2 heterocycles. The van der Waals surface area contributed by atoms with Gasteiger partial charge in [-0.2, -0.15) is 4.31 Å². The summed E-state index contributed by atoms with van der Waals surface area (Å²) in [6.07, 6.45) is 5.28. The molecule has 1 aromatic carbocycles. The average Bonchev–Trinajstić information content (AvgIpc) is 2.90. The lowest BCUT2D eigenvalue weighted by Crippen LogP contribution is -2.38. The molecular weight excluding hydrogens is 302 g/mol. The lowest BCUT2D eigenvalue weighted by Gasteiger charge is -2.24. The summed E-state index contributed by atoms with van der Waals surface area (Å²) >= 11 is 0. The first kappa shape index (κ1) is 14.8. The molecule has 0 atom stereocenters. The summed E-state index contributed by atoms with van der Waals surface area (Å²) in [7, 11) is -3.28. The van der Waals surface area contributed by atoms with E-state index in [2.05, 4.69) is 5.43 Å². The molecule has 0 fully saturated rings. The van der Waals surface area contributed by atoms with Crippen molar-refractivity contribution in [1.29, 1.82) is 0 Å². The molecule has 0 saturated heterocycles. The number of rotatable bonds is 3. The van der Waals surface area contributed by atoms with Crippen LogP contribution in [-0.4, -0.2) is 42.7 Å². The summed E-state index contributed by atoms with van der Waals surface area (Å²) in [6, 6.07) is 9.61. The number of amides is 1. The number of hydrogen-bond acceptors (Lipinski definition) is 3. The fraction of sp³-hybridized carbons (Fsp3) is 0.267. The molecule has 1 aliphatic rings. The molecule has 0 aliphatic carbocycles. The molecule has 0 radical (unpaired) electrons. The van der Waals surface area contributed by atoms with Gasteiger partial charge in [-0.3, -0.25) is 14.9 Å². The molecule has 6 nitrogen and oxygen atoms in total. The molecule has 0 spiro atoms. The van der Waals surface area contributed by atoms with Gasteiger partial charge in [-0.25, -0.2) is 8.42 Å². The van der Waals surface area contributed by atoms with Gasteiger partial charge in [0.25, 0.3) is 5.91 Å². The van der Waals surface area contributed by atoms with Crippen LogP contribution in [0.15, 0.2) is 48.2 Å². The Morgan fingerprint density at radius 1 is 1.23 bits per heavy atom. The van der Waals surface area contributed by atoms with E-state index in [1.165, 1.54) is 4.31 Å². The number of para-hydroxylation sites is 1. The summed E-state index contributed by atoms with van der Waals surface area (Å²) in [4.78, 5) is 12.4. The standard InChI is InChI=1S/C15H17N3O3S/c1-22(20,21)17-9-4-6-13(11-17)15(19)16-18-10-8-12-5-2-3-7-14(12)18/h2-3,5-8,10H,4,9,11H2,1H3,(H,16,19). The van der Waals surface area contributed by atoms with E-state index in [4.69, 9.17) is 0 Å². The minimum Gasteiger partial charge on any atom is -0.268 e. The van der Waals surface area contributed by atoms with Crippen LogP contribution in [0.3, 0.4) is 0 Å². The van der Waals surface area contributed by atoms with Gasteiger partial charge in [0.1, 0.15) is 0 Å². The second-order valence-corrected chi connectivity index (χ2v) is 7.28. The van der Waals surface area contributed by atoms with Gasteiger partial charge in [-0.05, 0) is 18.6 Å². The van der Waals surface area contributed by atoms with Crippen LogP contribution in [0.1, 0.15) is 6.42 Å². The van der Waals surface area contributed by atoms with Crippen molar-refractivity contribution in [2.45, 2.75) is 6.42 Å². The molecule has 0 saturated carbocycles. The molecule has 1 aromatic heterocycles. The van der Waals surface area contributed by atoms with E-state index in [1.807, 2.05) is 30.3 Å². The van der Waals surface area contributed by atoms with Crippen molar-refractivity contribution in [3.8, 4) is 0 Å². The van der Waals surface area contributed by atoms with E-state index >= 15 is 0 Å². The van der Waals surface area contributed by atoms with E-state index in [1.54, 1.807) is 16.9 Å². The number of benzene rings is 1. The van der Waals surface area contributed by atoms with E-state index < -0.39 is 10.0 Å². The Kier molecular flexibility index (Phi) is 3.76. The molecule has 2 aromatic rings. The molecular formula is C15H17N3O3S. The van der Waals surface area contributed by atoms with Gasteiger partial charge in [0, 0.05) is 30.2 Å². The normalized spacial score (nSPS) is 16.5. The second kappa shape index (κ2) is 5.58. The monoisotopic (exact) mass is 319 g/mol. The van der Waals surface area contributed by atoms with Crippen LogP contribution in [0, 0.1) is 0 Å². The summed E-state index contributed by atoms with van der Waals surface area (Å²) in [6.45, 7) is 0.534. The van der Waals surface area contributed by atoms with Crippen LogP contribution < -0.4 is 5.43 Å². The highest BCUT2D eigenvalue weighted by atomic mass is 32.2. The van der Waals surface area contributed by atoms with Crippen molar-refractivity contribution in [2.24, 2.45) is 0 Å². The van der Waals surface area contributed by atoms with Gasteiger partial charge < -0.3 is 0 Å². The average molecular weight is 319 g/mol. The number of carbonyl (C=O) groups excluding carboxylic acids is 1. The number of carbonyl (C=O) groups is 1. The Labute approximate surface area is 129 Å². The SMILES string of the molecule is CS(=O)(=O)N1CCC=C(C(=O)Nn2ccc3ccccc32)C1. The number of fused-ring (bicyclic) bond motifs is 1. The van der Waals surface area contributed by atoms with E-state index in [0.29, 0.717) is 18.5 Å². The zero-order chi connectivity index (χ0) is 15.7. The van der Waals surface area contributed by atoms with Gasteiger partial charge in [0.05, 0.1) is 11.8 Å². The molecule has 1 N–H and O–H groups in total. The number of nitrogens with zero attached hydrogens (tertiary/aromatic N) is 2. The molecule has 116 valence electrons. The quantitative estimate of drug-likeness (QED) is 0.927. The molecule has 1 aliphatic heterocycles. The van der Waals surface area contributed by atoms with Gasteiger partial charge in [-0.1, -0.05) is 24.3 Å².